The first kappa shape index (κ1) is 11.8. The van der Waals surface area contributed by atoms with Gasteiger partial charge in [0.05, 0.1) is 25.3 Å². The standard InChI is InChI=1S/C12H21N3O/c1-13-10-14-11-2-4-12(5-3-11)15-6-8-16-9-7-15/h11-12H,2-9H2,1H3. The zero-order valence-corrected chi connectivity index (χ0v) is 10.1. The molecule has 0 amide bonds. The molecule has 0 spiro atoms. The van der Waals surface area contributed by atoms with Crippen LogP contribution in [0.4, 0.5) is 0 Å². The van der Waals surface area contributed by atoms with E-state index in [9.17, 15) is 0 Å². The first-order valence-electron chi connectivity index (χ1n) is 6.25. The summed E-state index contributed by atoms with van der Waals surface area (Å²) in [4.78, 5) is 10.7. The van der Waals surface area contributed by atoms with Crippen molar-refractivity contribution in [1.82, 2.24) is 4.90 Å². The van der Waals surface area contributed by atoms with Gasteiger partial charge in [-0.15, -0.1) is 0 Å². The second-order valence-corrected chi connectivity index (χ2v) is 4.56. The average Bonchev–Trinajstić information content (AvgIpc) is 2.38. The highest BCUT2D eigenvalue weighted by Crippen LogP contribution is 2.25. The van der Waals surface area contributed by atoms with Crippen molar-refractivity contribution in [3.05, 3.63) is 0 Å². The number of aliphatic imine (C=N–C) groups is 2. The fourth-order valence-corrected chi connectivity index (χ4v) is 2.63. The largest absolute Gasteiger partial charge is 0.379 e. The molecule has 0 atom stereocenters. The number of rotatable bonds is 2. The van der Waals surface area contributed by atoms with E-state index in [2.05, 4.69) is 20.9 Å². The summed E-state index contributed by atoms with van der Waals surface area (Å²) in [5.41, 5.74) is 0. The molecule has 4 nitrogen and oxygen atoms in total. The first-order chi connectivity index (χ1) is 7.90. The number of hydrogen-bond acceptors (Lipinski definition) is 4. The molecular formula is C12H21N3O. The molecule has 0 aromatic rings. The van der Waals surface area contributed by atoms with E-state index in [1.54, 1.807) is 7.05 Å². The van der Waals surface area contributed by atoms with Crippen LogP contribution < -0.4 is 0 Å². The van der Waals surface area contributed by atoms with E-state index < -0.39 is 0 Å². The van der Waals surface area contributed by atoms with Gasteiger partial charge in [0.25, 0.3) is 0 Å². The molecule has 16 heavy (non-hydrogen) atoms. The van der Waals surface area contributed by atoms with Crippen molar-refractivity contribution in [2.45, 2.75) is 37.8 Å². The summed E-state index contributed by atoms with van der Waals surface area (Å²) in [7, 11) is 1.73. The maximum absolute atomic E-state index is 5.38. The zero-order chi connectivity index (χ0) is 11.2. The quantitative estimate of drug-likeness (QED) is 0.664. The van der Waals surface area contributed by atoms with Gasteiger partial charge in [-0.2, -0.15) is 0 Å². The van der Waals surface area contributed by atoms with Crippen LogP contribution >= 0.6 is 0 Å². The van der Waals surface area contributed by atoms with Crippen molar-refractivity contribution < 1.29 is 4.74 Å². The fourth-order valence-electron chi connectivity index (χ4n) is 2.63. The zero-order valence-electron chi connectivity index (χ0n) is 10.1. The van der Waals surface area contributed by atoms with Crippen LogP contribution in [0.15, 0.2) is 9.98 Å². The van der Waals surface area contributed by atoms with Gasteiger partial charge in [-0.1, -0.05) is 0 Å². The van der Waals surface area contributed by atoms with Crippen LogP contribution in [0.2, 0.25) is 0 Å². The topological polar surface area (TPSA) is 37.2 Å². The average molecular weight is 223 g/mol. The molecule has 0 aromatic carbocycles. The molecule has 0 radical (unpaired) electrons. The normalized spacial score (nSPS) is 31.8. The maximum Gasteiger partial charge on any atom is 0.0892 e. The van der Waals surface area contributed by atoms with Crippen LogP contribution in [-0.4, -0.2) is 56.3 Å². The van der Waals surface area contributed by atoms with Crippen LogP contribution in [0.5, 0.6) is 0 Å². The van der Waals surface area contributed by atoms with Gasteiger partial charge in [-0.05, 0) is 25.7 Å². The van der Waals surface area contributed by atoms with Gasteiger partial charge in [-0.3, -0.25) is 4.90 Å². The minimum Gasteiger partial charge on any atom is -0.379 e. The third kappa shape index (κ3) is 3.14. The molecule has 1 heterocycles. The van der Waals surface area contributed by atoms with Crippen LogP contribution in [0.1, 0.15) is 25.7 Å². The first-order valence-corrected chi connectivity index (χ1v) is 6.25. The highest BCUT2D eigenvalue weighted by Gasteiger charge is 2.26. The summed E-state index contributed by atoms with van der Waals surface area (Å²) in [6.07, 6.45) is 4.90. The van der Waals surface area contributed by atoms with E-state index in [0.717, 1.165) is 32.3 Å². The summed E-state index contributed by atoms with van der Waals surface area (Å²) in [5.74, 6) is 0. The lowest BCUT2D eigenvalue weighted by Crippen LogP contribution is -2.45. The predicted octanol–water partition coefficient (Wildman–Crippen LogP) is 1.43. The molecule has 1 saturated heterocycles. The summed E-state index contributed by atoms with van der Waals surface area (Å²) < 4.78 is 5.38. The van der Waals surface area contributed by atoms with Crippen LogP contribution in [-0.2, 0) is 4.74 Å². The van der Waals surface area contributed by atoms with E-state index in [-0.39, 0.29) is 0 Å². The molecular weight excluding hydrogens is 202 g/mol. The molecule has 1 saturated carbocycles. The number of morpholine rings is 1. The Morgan fingerprint density at radius 3 is 2.44 bits per heavy atom. The molecule has 0 bridgehead atoms. The summed E-state index contributed by atoms with van der Waals surface area (Å²) in [6, 6.07) is 3.95. The highest BCUT2D eigenvalue weighted by molar-refractivity contribution is 5.41. The lowest BCUT2D eigenvalue weighted by atomic mass is 9.90. The lowest BCUT2D eigenvalue weighted by Gasteiger charge is -2.37. The van der Waals surface area contributed by atoms with Crippen LogP contribution in [0.3, 0.4) is 0 Å². The number of nitrogens with zero attached hydrogens (tertiary/aromatic N) is 3. The van der Waals surface area contributed by atoms with Gasteiger partial charge < -0.3 is 4.74 Å². The Bertz CT molecular complexity index is 259. The Kier molecular flexibility index (Phi) is 4.52. The van der Waals surface area contributed by atoms with Gasteiger partial charge in [0.1, 0.15) is 0 Å². The van der Waals surface area contributed by atoms with Crippen molar-refractivity contribution in [3.8, 4) is 0 Å². The van der Waals surface area contributed by atoms with Crippen molar-refractivity contribution in [1.29, 1.82) is 0 Å². The second-order valence-electron chi connectivity index (χ2n) is 4.56. The molecule has 0 N–H and O–H groups in total. The molecule has 2 rings (SSSR count). The molecule has 0 aromatic heterocycles. The summed E-state index contributed by atoms with van der Waals surface area (Å²) in [5, 5.41) is 0. The van der Waals surface area contributed by atoms with Crippen molar-refractivity contribution in [3.63, 3.8) is 0 Å². The monoisotopic (exact) mass is 223 g/mol. The Morgan fingerprint density at radius 2 is 1.81 bits per heavy atom. The molecule has 2 aliphatic rings. The van der Waals surface area contributed by atoms with Gasteiger partial charge in [-0.25, -0.2) is 9.98 Å². The van der Waals surface area contributed by atoms with Crippen LogP contribution in [0.25, 0.3) is 0 Å². The summed E-state index contributed by atoms with van der Waals surface area (Å²) in [6.45, 7) is 4.02. The smallest absolute Gasteiger partial charge is 0.0892 e. The third-order valence-electron chi connectivity index (χ3n) is 3.57. The molecule has 90 valence electrons. The number of ether oxygens (including phenoxy) is 1. The van der Waals surface area contributed by atoms with Gasteiger partial charge >= 0.3 is 0 Å². The van der Waals surface area contributed by atoms with Gasteiger partial charge in [0, 0.05) is 26.2 Å². The van der Waals surface area contributed by atoms with E-state index in [4.69, 9.17) is 4.74 Å². The molecule has 0 unspecified atom stereocenters. The van der Waals surface area contributed by atoms with Gasteiger partial charge in [0.2, 0.25) is 0 Å². The fraction of sp³-hybridized carbons (Fsp3) is 0.917. The minimum absolute atomic E-state index is 0.459. The molecule has 1 aliphatic carbocycles. The van der Waals surface area contributed by atoms with E-state index in [1.807, 2.05) is 0 Å². The molecule has 4 heteroatoms. The van der Waals surface area contributed by atoms with Crippen molar-refractivity contribution in [2.75, 3.05) is 33.4 Å². The van der Waals surface area contributed by atoms with Crippen molar-refractivity contribution in [2.24, 2.45) is 9.98 Å². The predicted molar refractivity (Wildman–Crippen MR) is 64.2 cm³/mol. The van der Waals surface area contributed by atoms with E-state index in [1.165, 1.54) is 25.7 Å². The van der Waals surface area contributed by atoms with Gasteiger partial charge in [0.15, 0.2) is 0 Å². The lowest BCUT2D eigenvalue weighted by molar-refractivity contribution is 0.00756. The summed E-state index contributed by atoms with van der Waals surface area (Å²) >= 11 is 0. The maximum atomic E-state index is 5.38. The Labute approximate surface area is 97.4 Å². The highest BCUT2D eigenvalue weighted by atomic mass is 16.5. The van der Waals surface area contributed by atoms with Crippen LogP contribution in [0, 0.1) is 0 Å². The molecule has 1 aliphatic heterocycles. The molecule has 2 fully saturated rings. The second kappa shape index (κ2) is 6.14. The minimum atomic E-state index is 0.459. The van der Waals surface area contributed by atoms with E-state index in [0.29, 0.717) is 6.04 Å². The van der Waals surface area contributed by atoms with E-state index >= 15 is 0 Å². The number of hydrogen-bond donors (Lipinski definition) is 0. The SMILES string of the molecule is CN=C=NC1CCC(N2CCOCC2)CC1. The Morgan fingerprint density at radius 1 is 1.12 bits per heavy atom. The van der Waals surface area contributed by atoms with Crippen molar-refractivity contribution >= 4 is 6.01 Å². The third-order valence-corrected chi connectivity index (χ3v) is 3.57. The Balaban J connectivity index is 1.78. The Hall–Kier alpha value is -0.700.